The number of nitrogens with zero attached hydrogens (tertiary/aromatic N) is 6. The van der Waals surface area contributed by atoms with E-state index in [2.05, 4.69) is 25.8 Å². The van der Waals surface area contributed by atoms with Crippen molar-refractivity contribution in [2.75, 3.05) is 6.54 Å². The Labute approximate surface area is 162 Å². The van der Waals surface area contributed by atoms with Gasteiger partial charge in [0.15, 0.2) is 5.82 Å². The van der Waals surface area contributed by atoms with Crippen molar-refractivity contribution >= 4 is 16.9 Å². The number of tetrazole rings is 1. The molecule has 0 atom stereocenters. The highest BCUT2D eigenvalue weighted by molar-refractivity contribution is 5.95. The quantitative estimate of drug-likeness (QED) is 0.559. The van der Waals surface area contributed by atoms with Gasteiger partial charge in [0.05, 0.1) is 23.4 Å². The van der Waals surface area contributed by atoms with Gasteiger partial charge in [-0.3, -0.25) is 4.79 Å². The fraction of sp³-hybridized carbons (Fsp3) is 0.250. The fourth-order valence-electron chi connectivity index (χ4n) is 3.11. The van der Waals surface area contributed by atoms with Gasteiger partial charge in [0.25, 0.3) is 5.91 Å². The first-order valence-electron chi connectivity index (χ1n) is 9.20. The standard InChI is InChI=1S/C20H21N7O/c1-14(2)27-19(23-24-25-27)15-6-5-7-16(12-15)20(28)21-10-11-26-13-22-17-8-3-4-9-18(17)26/h3-9,12-14H,10-11H2,1-2H3,(H,21,28). The van der Waals surface area contributed by atoms with Gasteiger partial charge in [0, 0.05) is 24.2 Å². The number of carbonyl (C=O) groups is 1. The van der Waals surface area contributed by atoms with Crippen LogP contribution in [0.15, 0.2) is 54.9 Å². The van der Waals surface area contributed by atoms with Crippen LogP contribution in [0.1, 0.15) is 30.2 Å². The molecule has 28 heavy (non-hydrogen) atoms. The summed E-state index contributed by atoms with van der Waals surface area (Å²) in [5, 5.41) is 14.8. The molecular weight excluding hydrogens is 354 g/mol. The normalized spacial score (nSPS) is 11.2. The van der Waals surface area contributed by atoms with Crippen LogP contribution >= 0.6 is 0 Å². The molecule has 2 heterocycles. The lowest BCUT2D eigenvalue weighted by atomic mass is 10.1. The van der Waals surface area contributed by atoms with Crippen molar-refractivity contribution in [2.45, 2.75) is 26.4 Å². The molecule has 4 aromatic rings. The highest BCUT2D eigenvalue weighted by atomic mass is 16.1. The van der Waals surface area contributed by atoms with Crippen LogP contribution < -0.4 is 5.32 Å². The topological polar surface area (TPSA) is 90.5 Å². The van der Waals surface area contributed by atoms with Gasteiger partial charge in [0.1, 0.15) is 0 Å². The molecule has 0 aliphatic heterocycles. The van der Waals surface area contributed by atoms with E-state index in [1.54, 1.807) is 17.1 Å². The Bertz CT molecular complexity index is 1110. The summed E-state index contributed by atoms with van der Waals surface area (Å²) < 4.78 is 3.77. The number of aromatic nitrogens is 6. The lowest BCUT2D eigenvalue weighted by Crippen LogP contribution is -2.27. The third-order valence-corrected chi connectivity index (χ3v) is 4.53. The number of hydrogen-bond donors (Lipinski definition) is 1. The highest BCUT2D eigenvalue weighted by Gasteiger charge is 2.13. The molecule has 1 amide bonds. The van der Waals surface area contributed by atoms with Gasteiger partial charge in [-0.15, -0.1) is 5.10 Å². The predicted octanol–water partition coefficient (Wildman–Crippen LogP) is 2.70. The molecule has 8 heteroatoms. The van der Waals surface area contributed by atoms with Gasteiger partial charge in [-0.1, -0.05) is 24.3 Å². The van der Waals surface area contributed by atoms with Gasteiger partial charge in [-0.2, -0.15) is 0 Å². The van der Waals surface area contributed by atoms with Crippen LogP contribution in [0, 0.1) is 0 Å². The number of imidazole rings is 1. The van der Waals surface area contributed by atoms with Crippen molar-refractivity contribution in [3.05, 3.63) is 60.4 Å². The van der Waals surface area contributed by atoms with Gasteiger partial charge in [0.2, 0.25) is 0 Å². The second-order valence-corrected chi connectivity index (χ2v) is 6.80. The van der Waals surface area contributed by atoms with E-state index < -0.39 is 0 Å². The number of amides is 1. The Kier molecular flexibility index (Phi) is 4.84. The van der Waals surface area contributed by atoms with Crippen molar-refractivity contribution in [1.82, 2.24) is 35.1 Å². The molecule has 0 radical (unpaired) electrons. The summed E-state index contributed by atoms with van der Waals surface area (Å²) in [4.78, 5) is 16.9. The zero-order valence-electron chi connectivity index (χ0n) is 15.8. The van der Waals surface area contributed by atoms with E-state index in [1.165, 1.54) is 0 Å². The average Bonchev–Trinajstić information content (AvgIpc) is 3.36. The molecule has 142 valence electrons. The molecule has 0 aliphatic rings. The molecule has 0 fully saturated rings. The molecule has 4 rings (SSSR count). The first kappa shape index (κ1) is 17.8. The lowest BCUT2D eigenvalue weighted by molar-refractivity contribution is 0.0952. The number of nitrogens with one attached hydrogen (secondary N) is 1. The predicted molar refractivity (Wildman–Crippen MR) is 106 cm³/mol. The summed E-state index contributed by atoms with van der Waals surface area (Å²) in [5.74, 6) is 0.518. The Morgan fingerprint density at radius 3 is 2.86 bits per heavy atom. The van der Waals surface area contributed by atoms with Gasteiger partial charge in [-0.05, 0) is 48.5 Å². The van der Waals surface area contributed by atoms with Crippen LogP contribution in [0.2, 0.25) is 0 Å². The van der Waals surface area contributed by atoms with Crippen molar-refractivity contribution in [3.8, 4) is 11.4 Å². The average molecular weight is 375 g/mol. The first-order chi connectivity index (χ1) is 13.6. The van der Waals surface area contributed by atoms with E-state index in [9.17, 15) is 4.79 Å². The number of rotatable bonds is 6. The summed E-state index contributed by atoms with van der Waals surface area (Å²) in [5.41, 5.74) is 3.39. The van der Waals surface area contributed by atoms with E-state index in [0.29, 0.717) is 24.5 Å². The largest absolute Gasteiger partial charge is 0.350 e. The molecule has 0 saturated carbocycles. The monoisotopic (exact) mass is 375 g/mol. The maximum absolute atomic E-state index is 12.6. The third kappa shape index (κ3) is 3.48. The van der Waals surface area contributed by atoms with E-state index in [4.69, 9.17) is 0 Å². The third-order valence-electron chi connectivity index (χ3n) is 4.53. The van der Waals surface area contributed by atoms with Crippen LogP contribution in [-0.4, -0.2) is 42.2 Å². The number of carbonyl (C=O) groups excluding carboxylic acids is 1. The number of fused-ring (bicyclic) bond motifs is 1. The van der Waals surface area contributed by atoms with Crippen LogP contribution in [0.25, 0.3) is 22.4 Å². The van der Waals surface area contributed by atoms with Crippen LogP contribution in [0.4, 0.5) is 0 Å². The lowest BCUT2D eigenvalue weighted by Gasteiger charge is -2.10. The van der Waals surface area contributed by atoms with Crippen molar-refractivity contribution in [3.63, 3.8) is 0 Å². The highest BCUT2D eigenvalue weighted by Crippen LogP contribution is 2.20. The molecule has 0 spiro atoms. The molecule has 0 saturated heterocycles. The first-order valence-corrected chi connectivity index (χ1v) is 9.20. The second kappa shape index (κ2) is 7.59. The summed E-state index contributed by atoms with van der Waals surface area (Å²) in [6.45, 7) is 5.18. The maximum Gasteiger partial charge on any atom is 0.251 e. The molecule has 0 aliphatic carbocycles. The molecule has 1 N–H and O–H groups in total. The summed E-state index contributed by atoms with van der Waals surface area (Å²) in [7, 11) is 0. The SMILES string of the molecule is CC(C)n1nnnc1-c1cccc(C(=O)NCCn2cnc3ccccc32)c1. The van der Waals surface area contributed by atoms with Crippen LogP contribution in [0.3, 0.4) is 0 Å². The summed E-state index contributed by atoms with van der Waals surface area (Å²) >= 11 is 0. The Hall–Kier alpha value is -3.55. The van der Waals surface area contributed by atoms with Crippen molar-refractivity contribution in [1.29, 1.82) is 0 Å². The molecule has 2 aromatic heterocycles. The van der Waals surface area contributed by atoms with Crippen LogP contribution in [0.5, 0.6) is 0 Å². The number of para-hydroxylation sites is 2. The zero-order chi connectivity index (χ0) is 19.5. The number of hydrogen-bond acceptors (Lipinski definition) is 5. The van der Waals surface area contributed by atoms with E-state index >= 15 is 0 Å². The van der Waals surface area contributed by atoms with Crippen molar-refractivity contribution in [2.24, 2.45) is 0 Å². The molecule has 0 bridgehead atoms. The van der Waals surface area contributed by atoms with E-state index in [1.807, 2.05) is 60.9 Å². The minimum atomic E-state index is -0.130. The summed E-state index contributed by atoms with van der Waals surface area (Å²) in [6.07, 6.45) is 1.79. The van der Waals surface area contributed by atoms with E-state index in [0.717, 1.165) is 16.6 Å². The fourth-order valence-corrected chi connectivity index (χ4v) is 3.11. The van der Waals surface area contributed by atoms with Gasteiger partial charge in [-0.25, -0.2) is 9.67 Å². The minimum Gasteiger partial charge on any atom is -0.350 e. The van der Waals surface area contributed by atoms with Gasteiger partial charge >= 0.3 is 0 Å². The smallest absolute Gasteiger partial charge is 0.251 e. The van der Waals surface area contributed by atoms with Gasteiger partial charge < -0.3 is 9.88 Å². The molecule has 0 unspecified atom stereocenters. The Morgan fingerprint density at radius 2 is 2.00 bits per heavy atom. The Morgan fingerprint density at radius 1 is 1.14 bits per heavy atom. The Balaban J connectivity index is 1.44. The van der Waals surface area contributed by atoms with E-state index in [-0.39, 0.29) is 11.9 Å². The maximum atomic E-state index is 12.6. The molecule has 8 nitrogen and oxygen atoms in total. The second-order valence-electron chi connectivity index (χ2n) is 6.80. The van der Waals surface area contributed by atoms with Crippen LogP contribution in [-0.2, 0) is 6.54 Å². The number of benzene rings is 2. The zero-order valence-corrected chi connectivity index (χ0v) is 15.8. The summed E-state index contributed by atoms with van der Waals surface area (Å²) in [6, 6.07) is 15.4. The van der Waals surface area contributed by atoms with Crippen molar-refractivity contribution < 1.29 is 4.79 Å². The molecule has 2 aromatic carbocycles. The molecular formula is C20H21N7O. The minimum absolute atomic E-state index is 0.130.